The van der Waals surface area contributed by atoms with E-state index in [0.717, 1.165) is 6.92 Å². The normalized spacial score (nSPS) is 13.8. The predicted molar refractivity (Wildman–Crippen MR) is 40.4 cm³/mol. The molecule has 0 radical (unpaired) electrons. The molecule has 0 aromatic carbocycles. The van der Waals surface area contributed by atoms with Gasteiger partial charge in [-0.1, -0.05) is 0 Å². The molecule has 0 saturated heterocycles. The van der Waals surface area contributed by atoms with E-state index in [9.17, 15) is 13.2 Å². The smallest absolute Gasteiger partial charge is 0.425 e. The van der Waals surface area contributed by atoms with Crippen molar-refractivity contribution >= 4 is 0 Å². The number of hydrogen-bond acceptors (Lipinski definition) is 2. The third-order valence-electron chi connectivity index (χ3n) is 1.41. The second-order valence-electron chi connectivity index (χ2n) is 2.49. The minimum atomic E-state index is -4.34. The van der Waals surface area contributed by atoms with Gasteiger partial charge >= 0.3 is 6.18 Å². The quantitative estimate of drug-likeness (QED) is 0.716. The number of halogens is 3. The van der Waals surface area contributed by atoms with Gasteiger partial charge in [0.05, 0.1) is 6.20 Å². The highest BCUT2D eigenvalue weighted by Crippen LogP contribution is 2.23. The van der Waals surface area contributed by atoms with Crippen LogP contribution in [0.1, 0.15) is 6.92 Å². The Bertz CT molecular complexity index is 260. The highest BCUT2D eigenvalue weighted by molar-refractivity contribution is 5.15. The summed E-state index contributed by atoms with van der Waals surface area (Å²) in [6, 6.07) is 2.94. The zero-order chi connectivity index (χ0) is 9.90. The summed E-state index contributed by atoms with van der Waals surface area (Å²) in [6.45, 7) is 0.951. The van der Waals surface area contributed by atoms with Crippen molar-refractivity contribution in [1.82, 2.24) is 4.98 Å². The number of pyridine rings is 1. The minimum Gasteiger partial charge on any atom is -0.480 e. The Morgan fingerprint density at radius 2 is 2.15 bits per heavy atom. The van der Waals surface area contributed by atoms with E-state index in [-0.39, 0.29) is 5.75 Å². The van der Waals surface area contributed by atoms with Gasteiger partial charge in [-0.15, -0.1) is 0 Å². The van der Waals surface area contributed by atoms with Crippen LogP contribution in [0.3, 0.4) is 0 Å². The van der Waals surface area contributed by atoms with E-state index < -0.39 is 12.3 Å². The lowest BCUT2D eigenvalue weighted by molar-refractivity contribution is -0.189. The lowest BCUT2D eigenvalue weighted by atomic mass is 10.4. The predicted octanol–water partition coefficient (Wildman–Crippen LogP) is 2.41. The Kier molecular flexibility index (Phi) is 2.75. The van der Waals surface area contributed by atoms with E-state index in [1.165, 1.54) is 24.5 Å². The number of ether oxygens (including phenoxy) is 1. The first-order valence-electron chi connectivity index (χ1n) is 3.63. The van der Waals surface area contributed by atoms with Crippen LogP contribution in [-0.2, 0) is 0 Å². The summed E-state index contributed by atoms with van der Waals surface area (Å²) in [5, 5.41) is 0. The third-order valence-corrected chi connectivity index (χ3v) is 1.41. The van der Waals surface area contributed by atoms with Crippen LogP contribution in [0.2, 0.25) is 0 Å². The SMILES string of the molecule is C[C@H](Oc1cccnc1)C(F)(F)F. The van der Waals surface area contributed by atoms with Crippen molar-refractivity contribution in [3.8, 4) is 5.75 Å². The highest BCUT2D eigenvalue weighted by atomic mass is 19.4. The average molecular weight is 191 g/mol. The van der Waals surface area contributed by atoms with Crippen molar-refractivity contribution in [3.05, 3.63) is 24.5 Å². The third kappa shape index (κ3) is 2.93. The molecule has 0 saturated carbocycles. The molecule has 1 aromatic rings. The molecule has 0 aliphatic heterocycles. The van der Waals surface area contributed by atoms with Crippen molar-refractivity contribution in [2.45, 2.75) is 19.2 Å². The van der Waals surface area contributed by atoms with Crippen LogP contribution in [0.15, 0.2) is 24.5 Å². The van der Waals surface area contributed by atoms with Crippen LogP contribution in [-0.4, -0.2) is 17.3 Å². The fourth-order valence-electron chi connectivity index (χ4n) is 0.688. The van der Waals surface area contributed by atoms with Crippen molar-refractivity contribution in [1.29, 1.82) is 0 Å². The second-order valence-corrected chi connectivity index (χ2v) is 2.49. The minimum absolute atomic E-state index is 0.118. The van der Waals surface area contributed by atoms with Gasteiger partial charge in [-0.05, 0) is 19.1 Å². The molecule has 0 bridgehead atoms. The van der Waals surface area contributed by atoms with Crippen LogP contribution in [0.5, 0.6) is 5.75 Å². The molecule has 0 N–H and O–H groups in total. The number of alkyl halides is 3. The maximum absolute atomic E-state index is 12.0. The maximum atomic E-state index is 12.0. The molecule has 72 valence electrons. The fraction of sp³-hybridized carbons (Fsp3) is 0.375. The largest absolute Gasteiger partial charge is 0.480 e. The topological polar surface area (TPSA) is 22.1 Å². The van der Waals surface area contributed by atoms with Crippen LogP contribution >= 0.6 is 0 Å². The summed E-state index contributed by atoms with van der Waals surface area (Å²) in [7, 11) is 0. The first-order chi connectivity index (χ1) is 6.00. The van der Waals surface area contributed by atoms with Crippen molar-refractivity contribution < 1.29 is 17.9 Å². The van der Waals surface area contributed by atoms with Crippen LogP contribution in [0.4, 0.5) is 13.2 Å². The van der Waals surface area contributed by atoms with Gasteiger partial charge in [0.1, 0.15) is 5.75 Å². The van der Waals surface area contributed by atoms with E-state index in [2.05, 4.69) is 9.72 Å². The molecule has 1 aromatic heterocycles. The lowest BCUT2D eigenvalue weighted by Gasteiger charge is -2.16. The van der Waals surface area contributed by atoms with Crippen LogP contribution < -0.4 is 4.74 Å². The summed E-state index contributed by atoms with van der Waals surface area (Å²) in [4.78, 5) is 3.63. The number of aromatic nitrogens is 1. The summed E-state index contributed by atoms with van der Waals surface area (Å²) in [5.41, 5.74) is 0. The zero-order valence-corrected chi connectivity index (χ0v) is 6.88. The van der Waals surface area contributed by atoms with Gasteiger partial charge in [-0.2, -0.15) is 13.2 Å². The average Bonchev–Trinajstić information content (AvgIpc) is 2.04. The molecule has 2 nitrogen and oxygen atoms in total. The Morgan fingerprint density at radius 3 is 2.62 bits per heavy atom. The Labute approximate surface area is 73.4 Å². The van der Waals surface area contributed by atoms with Crippen LogP contribution in [0, 0.1) is 0 Å². The lowest BCUT2D eigenvalue weighted by Crippen LogP contribution is -2.31. The second kappa shape index (κ2) is 3.64. The van der Waals surface area contributed by atoms with Gasteiger partial charge in [0.15, 0.2) is 6.10 Å². The summed E-state index contributed by atoms with van der Waals surface area (Å²) < 4.78 is 40.6. The number of hydrogen-bond donors (Lipinski definition) is 0. The first-order valence-corrected chi connectivity index (χ1v) is 3.63. The summed E-state index contributed by atoms with van der Waals surface area (Å²) in [6.07, 6.45) is -3.44. The van der Waals surface area contributed by atoms with Crippen molar-refractivity contribution in [2.75, 3.05) is 0 Å². The molecule has 0 aliphatic carbocycles. The fourth-order valence-corrected chi connectivity index (χ4v) is 0.688. The van der Waals surface area contributed by atoms with Gasteiger partial charge in [-0.25, -0.2) is 0 Å². The molecule has 1 heterocycles. The van der Waals surface area contributed by atoms with Gasteiger partial charge in [0, 0.05) is 6.20 Å². The van der Waals surface area contributed by atoms with Gasteiger partial charge in [-0.3, -0.25) is 4.98 Å². The number of rotatable bonds is 2. The molecule has 1 atom stereocenters. The van der Waals surface area contributed by atoms with E-state index in [4.69, 9.17) is 0 Å². The molecular weight excluding hydrogens is 183 g/mol. The molecule has 0 spiro atoms. The Hall–Kier alpha value is -1.26. The molecule has 0 aliphatic rings. The van der Waals surface area contributed by atoms with Gasteiger partial charge in [0.2, 0.25) is 0 Å². The molecule has 0 fully saturated rings. The first kappa shape index (κ1) is 9.83. The molecule has 0 amide bonds. The molecule has 5 heteroatoms. The van der Waals surface area contributed by atoms with Gasteiger partial charge < -0.3 is 4.74 Å². The number of nitrogens with zero attached hydrogens (tertiary/aromatic N) is 1. The van der Waals surface area contributed by atoms with Crippen molar-refractivity contribution in [3.63, 3.8) is 0 Å². The maximum Gasteiger partial charge on any atom is 0.425 e. The highest BCUT2D eigenvalue weighted by Gasteiger charge is 2.37. The van der Waals surface area contributed by atoms with Gasteiger partial charge in [0.25, 0.3) is 0 Å². The molecular formula is C8H8F3NO. The van der Waals surface area contributed by atoms with Crippen molar-refractivity contribution in [2.24, 2.45) is 0 Å². The van der Waals surface area contributed by atoms with E-state index in [0.29, 0.717) is 0 Å². The molecule has 1 rings (SSSR count). The summed E-state index contributed by atoms with van der Waals surface area (Å²) >= 11 is 0. The van der Waals surface area contributed by atoms with Crippen LogP contribution in [0.25, 0.3) is 0 Å². The zero-order valence-electron chi connectivity index (χ0n) is 6.88. The van der Waals surface area contributed by atoms with E-state index in [1.807, 2.05) is 0 Å². The standard InChI is InChI=1S/C8H8F3NO/c1-6(8(9,10)11)13-7-3-2-4-12-5-7/h2-6H,1H3/t6-/m0/s1. The Balaban J connectivity index is 2.61. The Morgan fingerprint density at radius 1 is 1.46 bits per heavy atom. The van der Waals surface area contributed by atoms with E-state index in [1.54, 1.807) is 0 Å². The van der Waals surface area contributed by atoms with E-state index >= 15 is 0 Å². The molecule has 13 heavy (non-hydrogen) atoms. The molecule has 0 unspecified atom stereocenters. The summed E-state index contributed by atoms with van der Waals surface area (Å²) in [5.74, 6) is 0.118. The monoisotopic (exact) mass is 191 g/mol.